The molecule has 0 aromatic rings. The second-order valence-electron chi connectivity index (χ2n) is 4.93. The summed E-state index contributed by atoms with van der Waals surface area (Å²) in [4.78, 5) is 25.7. The van der Waals surface area contributed by atoms with Crippen LogP contribution in [0.4, 0.5) is 0 Å². The van der Waals surface area contributed by atoms with E-state index in [4.69, 9.17) is 9.47 Å². The van der Waals surface area contributed by atoms with E-state index < -0.39 is 0 Å². The number of rotatable bonds is 8. The number of ether oxygens (including phenoxy) is 2. The fourth-order valence-corrected chi connectivity index (χ4v) is 2.37. The number of carbonyl (C=O) groups excluding carboxylic acids is 2. The van der Waals surface area contributed by atoms with Gasteiger partial charge in [-0.05, 0) is 32.7 Å². The Morgan fingerprint density at radius 3 is 2.85 bits per heavy atom. The van der Waals surface area contributed by atoms with Crippen molar-refractivity contribution in [3.05, 3.63) is 0 Å². The molecule has 1 heterocycles. The lowest BCUT2D eigenvalue weighted by Crippen LogP contribution is -2.49. The topological polar surface area (TPSA) is 67.9 Å². The molecular formula is C14H26N2O4. The number of esters is 1. The number of amides is 1. The van der Waals surface area contributed by atoms with Crippen LogP contribution in [0.3, 0.4) is 0 Å². The fraction of sp³-hybridized carbons (Fsp3) is 0.857. The molecule has 0 saturated carbocycles. The van der Waals surface area contributed by atoms with E-state index in [-0.39, 0.29) is 24.5 Å². The molecule has 0 bridgehead atoms. The summed E-state index contributed by atoms with van der Waals surface area (Å²) in [5, 5.41) is 2.84. The zero-order valence-corrected chi connectivity index (χ0v) is 12.5. The summed E-state index contributed by atoms with van der Waals surface area (Å²) in [7, 11) is 1.64. The average Bonchev–Trinajstić information content (AvgIpc) is 2.44. The predicted octanol–water partition coefficient (Wildman–Crippen LogP) is 0.557. The van der Waals surface area contributed by atoms with Crippen LogP contribution in [0.2, 0.25) is 0 Å². The van der Waals surface area contributed by atoms with Crippen LogP contribution < -0.4 is 5.32 Å². The highest BCUT2D eigenvalue weighted by atomic mass is 16.5. The van der Waals surface area contributed by atoms with Gasteiger partial charge < -0.3 is 14.8 Å². The Bertz CT molecular complexity index is 310. The van der Waals surface area contributed by atoms with E-state index in [0.29, 0.717) is 19.8 Å². The van der Waals surface area contributed by atoms with Crippen molar-refractivity contribution in [2.45, 2.75) is 38.6 Å². The standard InChI is InChI=1S/C14H26N2O4/c1-3-20-14(18)12-7-4-5-9-16(12)11-13(17)15-8-6-10-19-2/h12H,3-11H2,1-2H3,(H,15,17). The first kappa shape index (κ1) is 16.9. The molecule has 6 nitrogen and oxygen atoms in total. The molecule has 116 valence electrons. The Morgan fingerprint density at radius 2 is 2.15 bits per heavy atom. The van der Waals surface area contributed by atoms with E-state index in [9.17, 15) is 9.59 Å². The van der Waals surface area contributed by atoms with Gasteiger partial charge in [-0.1, -0.05) is 6.42 Å². The number of hydrogen-bond acceptors (Lipinski definition) is 5. The molecule has 1 aliphatic rings. The van der Waals surface area contributed by atoms with Gasteiger partial charge in [0.2, 0.25) is 5.91 Å². The van der Waals surface area contributed by atoms with Crippen LogP contribution in [0.15, 0.2) is 0 Å². The molecule has 1 aliphatic heterocycles. The normalized spacial score (nSPS) is 19.6. The molecule has 1 atom stereocenters. The third-order valence-electron chi connectivity index (χ3n) is 3.37. The number of nitrogens with zero attached hydrogens (tertiary/aromatic N) is 1. The molecule has 6 heteroatoms. The smallest absolute Gasteiger partial charge is 0.323 e. The molecule has 1 fully saturated rings. The zero-order chi connectivity index (χ0) is 14.8. The van der Waals surface area contributed by atoms with Crippen molar-refractivity contribution in [3.8, 4) is 0 Å². The van der Waals surface area contributed by atoms with Gasteiger partial charge in [-0.25, -0.2) is 0 Å². The van der Waals surface area contributed by atoms with E-state index in [1.807, 2.05) is 4.90 Å². The van der Waals surface area contributed by atoms with Crippen LogP contribution in [0.5, 0.6) is 0 Å². The Balaban J connectivity index is 2.37. The Kier molecular flexibility index (Phi) is 8.22. The highest BCUT2D eigenvalue weighted by Gasteiger charge is 2.30. The van der Waals surface area contributed by atoms with E-state index in [2.05, 4.69) is 5.32 Å². The summed E-state index contributed by atoms with van der Waals surface area (Å²) in [6.07, 6.45) is 3.60. The van der Waals surface area contributed by atoms with Crippen molar-refractivity contribution in [2.24, 2.45) is 0 Å². The number of methoxy groups -OCH3 is 1. The number of likely N-dealkylation sites (tertiary alicyclic amines) is 1. The maximum atomic E-state index is 11.9. The first-order valence-corrected chi connectivity index (χ1v) is 7.35. The molecule has 0 spiro atoms. The van der Waals surface area contributed by atoms with Gasteiger partial charge in [-0.15, -0.1) is 0 Å². The molecule has 0 aromatic heterocycles. The molecule has 20 heavy (non-hydrogen) atoms. The minimum atomic E-state index is -0.270. The molecule has 0 radical (unpaired) electrons. The first-order valence-electron chi connectivity index (χ1n) is 7.35. The van der Waals surface area contributed by atoms with Crippen molar-refractivity contribution < 1.29 is 19.1 Å². The van der Waals surface area contributed by atoms with Crippen molar-refractivity contribution in [2.75, 3.05) is 40.0 Å². The van der Waals surface area contributed by atoms with Gasteiger partial charge in [-0.2, -0.15) is 0 Å². The third-order valence-corrected chi connectivity index (χ3v) is 3.37. The molecule has 1 rings (SSSR count). The summed E-state index contributed by atoms with van der Waals surface area (Å²) in [5.74, 6) is -0.253. The Morgan fingerprint density at radius 1 is 1.35 bits per heavy atom. The average molecular weight is 286 g/mol. The highest BCUT2D eigenvalue weighted by molar-refractivity contribution is 5.80. The minimum absolute atomic E-state index is 0.0442. The van der Waals surface area contributed by atoms with Gasteiger partial charge >= 0.3 is 5.97 Å². The Hall–Kier alpha value is -1.14. The lowest BCUT2D eigenvalue weighted by Gasteiger charge is -2.33. The van der Waals surface area contributed by atoms with Gasteiger partial charge in [0.1, 0.15) is 6.04 Å². The Labute approximate surface area is 120 Å². The van der Waals surface area contributed by atoms with E-state index in [0.717, 1.165) is 32.2 Å². The van der Waals surface area contributed by atoms with Crippen molar-refractivity contribution >= 4 is 11.9 Å². The van der Waals surface area contributed by atoms with Crippen LogP contribution in [-0.2, 0) is 19.1 Å². The molecule has 1 saturated heterocycles. The molecule has 0 aliphatic carbocycles. The SMILES string of the molecule is CCOC(=O)C1CCCCN1CC(=O)NCCCOC. The minimum Gasteiger partial charge on any atom is -0.465 e. The van der Waals surface area contributed by atoms with Gasteiger partial charge in [0, 0.05) is 20.3 Å². The molecule has 1 unspecified atom stereocenters. The van der Waals surface area contributed by atoms with E-state index in [1.165, 1.54) is 0 Å². The zero-order valence-electron chi connectivity index (χ0n) is 12.5. The summed E-state index contributed by atoms with van der Waals surface area (Å²) in [6.45, 7) is 4.45. The van der Waals surface area contributed by atoms with Crippen LogP contribution in [-0.4, -0.2) is 62.8 Å². The number of piperidine rings is 1. The van der Waals surface area contributed by atoms with Crippen molar-refractivity contribution in [1.82, 2.24) is 10.2 Å². The lowest BCUT2D eigenvalue weighted by atomic mass is 10.0. The highest BCUT2D eigenvalue weighted by Crippen LogP contribution is 2.17. The molecular weight excluding hydrogens is 260 g/mol. The van der Waals surface area contributed by atoms with Crippen LogP contribution in [0, 0.1) is 0 Å². The van der Waals surface area contributed by atoms with E-state index >= 15 is 0 Å². The first-order chi connectivity index (χ1) is 9.69. The lowest BCUT2D eigenvalue weighted by molar-refractivity contribution is -0.151. The van der Waals surface area contributed by atoms with Gasteiger partial charge in [-0.3, -0.25) is 14.5 Å². The summed E-state index contributed by atoms with van der Waals surface area (Å²) in [5.41, 5.74) is 0. The second-order valence-corrected chi connectivity index (χ2v) is 4.93. The number of carbonyl (C=O) groups is 2. The summed E-state index contributed by atoms with van der Waals surface area (Å²) < 4.78 is 10.0. The van der Waals surface area contributed by atoms with Gasteiger partial charge in [0.25, 0.3) is 0 Å². The predicted molar refractivity (Wildman–Crippen MR) is 75.3 cm³/mol. The maximum absolute atomic E-state index is 11.9. The quantitative estimate of drug-likeness (QED) is 0.521. The number of nitrogens with one attached hydrogen (secondary N) is 1. The third kappa shape index (κ3) is 5.88. The maximum Gasteiger partial charge on any atom is 0.323 e. The number of hydrogen-bond donors (Lipinski definition) is 1. The van der Waals surface area contributed by atoms with E-state index in [1.54, 1.807) is 14.0 Å². The van der Waals surface area contributed by atoms with Crippen LogP contribution >= 0.6 is 0 Å². The molecule has 0 aromatic carbocycles. The molecule has 1 amide bonds. The monoisotopic (exact) mass is 286 g/mol. The summed E-state index contributed by atoms with van der Waals surface area (Å²) in [6, 6.07) is -0.270. The van der Waals surface area contributed by atoms with Gasteiger partial charge in [0.05, 0.1) is 13.2 Å². The van der Waals surface area contributed by atoms with Gasteiger partial charge in [0.15, 0.2) is 0 Å². The van der Waals surface area contributed by atoms with Crippen molar-refractivity contribution in [3.63, 3.8) is 0 Å². The fourth-order valence-electron chi connectivity index (χ4n) is 2.37. The largest absolute Gasteiger partial charge is 0.465 e. The van der Waals surface area contributed by atoms with Crippen LogP contribution in [0.25, 0.3) is 0 Å². The second kappa shape index (κ2) is 9.72. The van der Waals surface area contributed by atoms with Crippen molar-refractivity contribution in [1.29, 1.82) is 0 Å². The summed E-state index contributed by atoms with van der Waals surface area (Å²) >= 11 is 0. The molecule has 1 N–H and O–H groups in total. The van der Waals surface area contributed by atoms with Crippen LogP contribution in [0.1, 0.15) is 32.6 Å².